The summed E-state index contributed by atoms with van der Waals surface area (Å²) in [7, 11) is 1.92. The highest BCUT2D eigenvalue weighted by Crippen LogP contribution is 2.55. The predicted molar refractivity (Wildman–Crippen MR) is 135 cm³/mol. The standard InChI is InChI=1S/C26H30N6O2S/c1-16(2)32-24-20(13-28-32)19(11-21(29-24)22-6-5-17(3)35-22)25(33)31-15-26(7-9-34-10-8-26)23(31)18-12-27-30(4)14-18/h5-6,11-14,16,23H,7-10,15H2,1-4H3. The molecule has 182 valence electrons. The number of ether oxygens (including phenoxy) is 1. The maximum Gasteiger partial charge on any atom is 0.255 e. The van der Waals surface area contributed by atoms with Crippen LogP contribution in [0.15, 0.2) is 36.8 Å². The van der Waals surface area contributed by atoms with E-state index in [1.165, 1.54) is 4.88 Å². The first kappa shape index (κ1) is 22.4. The summed E-state index contributed by atoms with van der Waals surface area (Å²) in [6.07, 6.45) is 7.64. The van der Waals surface area contributed by atoms with E-state index in [1.807, 2.05) is 39.8 Å². The maximum atomic E-state index is 14.2. The van der Waals surface area contributed by atoms with Crippen molar-refractivity contribution in [3.8, 4) is 10.6 Å². The molecule has 4 aromatic heterocycles. The third kappa shape index (κ3) is 3.60. The molecule has 0 aromatic carbocycles. The second-order valence-electron chi connectivity index (χ2n) is 10.1. The second kappa shape index (κ2) is 8.27. The van der Waals surface area contributed by atoms with Crippen molar-refractivity contribution in [2.24, 2.45) is 12.5 Å². The molecule has 6 rings (SSSR count). The molecule has 0 N–H and O–H groups in total. The molecule has 0 bridgehead atoms. The Bertz CT molecular complexity index is 1410. The second-order valence-corrected chi connectivity index (χ2v) is 11.4. The maximum absolute atomic E-state index is 14.2. The Morgan fingerprint density at radius 3 is 2.66 bits per heavy atom. The number of aromatic nitrogens is 5. The van der Waals surface area contributed by atoms with Crippen LogP contribution in [0, 0.1) is 12.3 Å². The molecule has 1 unspecified atom stereocenters. The first-order valence-electron chi connectivity index (χ1n) is 12.2. The molecule has 1 atom stereocenters. The molecule has 2 aliphatic heterocycles. The van der Waals surface area contributed by atoms with E-state index in [-0.39, 0.29) is 23.4 Å². The fourth-order valence-electron chi connectivity index (χ4n) is 5.67. The molecule has 2 saturated heterocycles. The number of carbonyl (C=O) groups excluding carboxylic acids is 1. The number of fused-ring (bicyclic) bond motifs is 1. The van der Waals surface area contributed by atoms with Gasteiger partial charge >= 0.3 is 0 Å². The van der Waals surface area contributed by atoms with E-state index in [9.17, 15) is 4.79 Å². The molecule has 6 heterocycles. The smallest absolute Gasteiger partial charge is 0.255 e. The Hall–Kier alpha value is -3.04. The highest BCUT2D eigenvalue weighted by molar-refractivity contribution is 7.15. The lowest BCUT2D eigenvalue weighted by atomic mass is 9.64. The van der Waals surface area contributed by atoms with Gasteiger partial charge in [-0.1, -0.05) is 0 Å². The minimum atomic E-state index is -0.0107. The average Bonchev–Trinajstić information content (AvgIpc) is 3.57. The van der Waals surface area contributed by atoms with Gasteiger partial charge in [0.15, 0.2) is 5.65 Å². The van der Waals surface area contributed by atoms with Gasteiger partial charge in [-0.3, -0.25) is 9.48 Å². The van der Waals surface area contributed by atoms with Gasteiger partial charge in [-0.2, -0.15) is 10.2 Å². The van der Waals surface area contributed by atoms with Crippen molar-refractivity contribution in [2.75, 3.05) is 19.8 Å². The van der Waals surface area contributed by atoms with E-state index in [0.29, 0.717) is 5.56 Å². The number of thiophene rings is 1. The summed E-state index contributed by atoms with van der Waals surface area (Å²) >= 11 is 1.69. The Balaban J connectivity index is 1.46. The lowest BCUT2D eigenvalue weighted by molar-refractivity contribution is -0.115. The Labute approximate surface area is 208 Å². The molecule has 0 aliphatic carbocycles. The van der Waals surface area contributed by atoms with Crippen LogP contribution in [0.1, 0.15) is 59.6 Å². The molecular formula is C26H30N6O2S. The van der Waals surface area contributed by atoms with Crippen molar-refractivity contribution in [2.45, 2.75) is 45.7 Å². The molecule has 8 nitrogen and oxygen atoms in total. The first-order chi connectivity index (χ1) is 16.9. The zero-order valence-corrected chi connectivity index (χ0v) is 21.4. The van der Waals surface area contributed by atoms with Crippen LogP contribution in [-0.2, 0) is 11.8 Å². The molecule has 1 amide bonds. The quantitative estimate of drug-likeness (QED) is 0.412. The topological polar surface area (TPSA) is 78.1 Å². The number of aryl methyl sites for hydroxylation is 2. The third-order valence-electron chi connectivity index (χ3n) is 7.45. The number of rotatable bonds is 4. The monoisotopic (exact) mass is 490 g/mol. The minimum Gasteiger partial charge on any atom is -0.381 e. The van der Waals surface area contributed by atoms with Crippen molar-refractivity contribution in [1.29, 1.82) is 0 Å². The van der Waals surface area contributed by atoms with Crippen molar-refractivity contribution < 1.29 is 9.53 Å². The number of likely N-dealkylation sites (tertiary alicyclic amines) is 1. The molecule has 2 fully saturated rings. The third-order valence-corrected chi connectivity index (χ3v) is 8.47. The summed E-state index contributed by atoms with van der Waals surface area (Å²) in [6, 6.07) is 6.26. The summed E-state index contributed by atoms with van der Waals surface area (Å²) in [5.41, 5.74) is 3.37. The van der Waals surface area contributed by atoms with E-state index in [4.69, 9.17) is 9.72 Å². The van der Waals surface area contributed by atoms with Crippen LogP contribution in [0.5, 0.6) is 0 Å². The minimum absolute atomic E-state index is 0.0107. The Morgan fingerprint density at radius 1 is 1.20 bits per heavy atom. The number of pyridine rings is 1. The molecule has 35 heavy (non-hydrogen) atoms. The Morgan fingerprint density at radius 2 is 2.00 bits per heavy atom. The predicted octanol–water partition coefficient (Wildman–Crippen LogP) is 4.78. The number of amides is 1. The zero-order chi connectivity index (χ0) is 24.3. The zero-order valence-electron chi connectivity index (χ0n) is 20.6. The van der Waals surface area contributed by atoms with Gasteiger partial charge in [-0.05, 0) is 51.8 Å². The van der Waals surface area contributed by atoms with E-state index in [0.717, 1.165) is 59.8 Å². The summed E-state index contributed by atoms with van der Waals surface area (Å²) in [6.45, 7) is 8.46. The molecular weight excluding hydrogens is 460 g/mol. The molecule has 0 radical (unpaired) electrons. The normalized spacial score (nSPS) is 19.6. The van der Waals surface area contributed by atoms with Crippen molar-refractivity contribution in [3.63, 3.8) is 0 Å². The van der Waals surface area contributed by atoms with Crippen molar-refractivity contribution in [3.05, 3.63) is 52.8 Å². The van der Waals surface area contributed by atoms with Crippen LogP contribution in [0.3, 0.4) is 0 Å². The van der Waals surface area contributed by atoms with Gasteiger partial charge in [0.25, 0.3) is 5.91 Å². The fraction of sp³-hybridized carbons (Fsp3) is 0.462. The van der Waals surface area contributed by atoms with Crippen LogP contribution in [0.25, 0.3) is 21.6 Å². The SMILES string of the molecule is Cc1ccc(-c2cc(C(=O)N3CC4(CCOCC4)C3c3cnn(C)c3)c3cnn(C(C)C)c3n2)s1. The molecule has 0 saturated carbocycles. The van der Waals surface area contributed by atoms with Crippen LogP contribution >= 0.6 is 11.3 Å². The molecule has 1 spiro atoms. The van der Waals surface area contributed by atoms with Gasteiger partial charge in [-0.25, -0.2) is 9.67 Å². The van der Waals surface area contributed by atoms with Crippen LogP contribution in [-0.4, -0.2) is 55.1 Å². The van der Waals surface area contributed by atoms with E-state index >= 15 is 0 Å². The first-order valence-corrected chi connectivity index (χ1v) is 13.0. The number of nitrogens with zero attached hydrogens (tertiary/aromatic N) is 6. The number of hydrogen-bond acceptors (Lipinski definition) is 6. The summed E-state index contributed by atoms with van der Waals surface area (Å²) < 4.78 is 9.40. The molecule has 9 heteroatoms. The lowest BCUT2D eigenvalue weighted by Crippen LogP contribution is -2.62. The highest BCUT2D eigenvalue weighted by Gasteiger charge is 2.56. The highest BCUT2D eigenvalue weighted by atomic mass is 32.1. The van der Waals surface area contributed by atoms with E-state index < -0.39 is 0 Å². The van der Waals surface area contributed by atoms with Gasteiger partial charge in [0.05, 0.1) is 40.0 Å². The molecule has 2 aliphatic rings. The van der Waals surface area contributed by atoms with Crippen LogP contribution in [0.2, 0.25) is 0 Å². The summed E-state index contributed by atoms with van der Waals surface area (Å²) in [4.78, 5) is 23.5. The van der Waals surface area contributed by atoms with E-state index in [1.54, 1.807) is 17.5 Å². The van der Waals surface area contributed by atoms with Gasteiger partial charge in [0, 0.05) is 54.9 Å². The van der Waals surface area contributed by atoms with Crippen LogP contribution < -0.4 is 0 Å². The molecule has 4 aromatic rings. The van der Waals surface area contributed by atoms with Gasteiger partial charge < -0.3 is 9.64 Å². The fourth-order valence-corrected chi connectivity index (χ4v) is 6.50. The number of carbonyl (C=O) groups is 1. The summed E-state index contributed by atoms with van der Waals surface area (Å²) in [5, 5.41) is 9.82. The number of hydrogen-bond donors (Lipinski definition) is 0. The Kier molecular flexibility index (Phi) is 5.30. The van der Waals surface area contributed by atoms with E-state index in [2.05, 4.69) is 43.1 Å². The van der Waals surface area contributed by atoms with Crippen molar-refractivity contribution >= 4 is 28.3 Å². The van der Waals surface area contributed by atoms with Gasteiger partial charge in [0.1, 0.15) is 0 Å². The van der Waals surface area contributed by atoms with Crippen molar-refractivity contribution in [1.82, 2.24) is 29.4 Å². The largest absolute Gasteiger partial charge is 0.381 e. The summed E-state index contributed by atoms with van der Waals surface area (Å²) in [5.74, 6) is 0.0289. The van der Waals surface area contributed by atoms with Gasteiger partial charge in [-0.15, -0.1) is 11.3 Å². The van der Waals surface area contributed by atoms with Crippen LogP contribution in [0.4, 0.5) is 0 Å². The lowest BCUT2D eigenvalue weighted by Gasteiger charge is -2.59. The van der Waals surface area contributed by atoms with Gasteiger partial charge in [0.2, 0.25) is 0 Å². The average molecular weight is 491 g/mol.